The third-order valence-electron chi connectivity index (χ3n) is 1.54. The van der Waals surface area contributed by atoms with Crippen LogP contribution in [0.2, 0.25) is 0 Å². The van der Waals surface area contributed by atoms with E-state index in [0.29, 0.717) is 10.0 Å². The molecule has 1 aromatic rings. The predicted molar refractivity (Wildman–Crippen MR) is 51.5 cm³/mol. The first kappa shape index (κ1) is 10.1. The Kier molecular flexibility index (Phi) is 3.23. The molecular formula is C8H6Br2F2. The molecule has 0 nitrogen and oxygen atoms in total. The molecule has 1 rings (SSSR count). The highest BCUT2D eigenvalue weighted by molar-refractivity contribution is 9.13. The third-order valence-corrected chi connectivity index (χ3v) is 3.39. The van der Waals surface area contributed by atoms with Gasteiger partial charge in [0.05, 0.1) is 0 Å². The summed E-state index contributed by atoms with van der Waals surface area (Å²) in [6.45, 7) is 1.67. The zero-order chi connectivity index (χ0) is 9.30. The van der Waals surface area contributed by atoms with Gasteiger partial charge in [0.1, 0.15) is 0 Å². The summed E-state index contributed by atoms with van der Waals surface area (Å²) >= 11 is 6.41. The molecule has 66 valence electrons. The summed E-state index contributed by atoms with van der Waals surface area (Å²) in [5, 5.41) is 0. The van der Waals surface area contributed by atoms with E-state index in [1.807, 2.05) is 0 Å². The number of aryl methyl sites for hydroxylation is 1. The van der Waals surface area contributed by atoms with Gasteiger partial charge < -0.3 is 0 Å². The molecule has 0 saturated heterocycles. The van der Waals surface area contributed by atoms with Gasteiger partial charge in [-0.2, -0.15) is 0 Å². The van der Waals surface area contributed by atoms with Crippen LogP contribution in [-0.2, 0) is 0 Å². The van der Waals surface area contributed by atoms with Gasteiger partial charge in [0, 0.05) is 14.5 Å². The van der Waals surface area contributed by atoms with E-state index in [-0.39, 0.29) is 5.56 Å². The zero-order valence-electron chi connectivity index (χ0n) is 6.24. The minimum atomic E-state index is -2.41. The van der Waals surface area contributed by atoms with Crippen LogP contribution in [0.25, 0.3) is 0 Å². The summed E-state index contributed by atoms with van der Waals surface area (Å²) in [5.41, 5.74) is 0.671. The van der Waals surface area contributed by atoms with Crippen molar-refractivity contribution in [1.82, 2.24) is 0 Å². The molecule has 0 aromatic heterocycles. The summed E-state index contributed by atoms with van der Waals surface area (Å²) in [6.07, 6.45) is -2.41. The summed E-state index contributed by atoms with van der Waals surface area (Å²) in [6, 6.07) is 3.11. The van der Waals surface area contributed by atoms with Crippen molar-refractivity contribution in [3.63, 3.8) is 0 Å². The molecule has 0 bridgehead atoms. The van der Waals surface area contributed by atoms with Gasteiger partial charge in [-0.05, 0) is 56.5 Å². The molecule has 0 fully saturated rings. The monoisotopic (exact) mass is 298 g/mol. The van der Waals surface area contributed by atoms with Crippen molar-refractivity contribution in [2.75, 3.05) is 0 Å². The van der Waals surface area contributed by atoms with E-state index in [0.717, 1.165) is 4.47 Å². The van der Waals surface area contributed by atoms with Crippen molar-refractivity contribution >= 4 is 31.9 Å². The Bertz CT molecular complexity index is 297. The first-order valence-corrected chi connectivity index (χ1v) is 4.84. The van der Waals surface area contributed by atoms with Crippen LogP contribution in [-0.4, -0.2) is 0 Å². The van der Waals surface area contributed by atoms with E-state index >= 15 is 0 Å². The van der Waals surface area contributed by atoms with E-state index in [9.17, 15) is 8.78 Å². The zero-order valence-corrected chi connectivity index (χ0v) is 9.42. The second-order valence-electron chi connectivity index (χ2n) is 2.42. The molecule has 0 heterocycles. The van der Waals surface area contributed by atoms with Gasteiger partial charge in [0.2, 0.25) is 0 Å². The number of hydrogen-bond acceptors (Lipinski definition) is 0. The Morgan fingerprint density at radius 3 is 2.17 bits per heavy atom. The van der Waals surface area contributed by atoms with Crippen molar-refractivity contribution in [2.24, 2.45) is 0 Å². The molecule has 0 aliphatic rings. The maximum absolute atomic E-state index is 12.3. The van der Waals surface area contributed by atoms with Gasteiger partial charge >= 0.3 is 0 Å². The minimum absolute atomic E-state index is 0.0741. The summed E-state index contributed by atoms with van der Waals surface area (Å²) in [7, 11) is 0. The first-order chi connectivity index (χ1) is 5.52. The van der Waals surface area contributed by atoms with Gasteiger partial charge in [-0.25, -0.2) is 8.78 Å². The Hall–Kier alpha value is 0.0400. The minimum Gasteiger partial charge on any atom is -0.205 e. The maximum Gasteiger partial charge on any atom is 0.264 e. The fourth-order valence-corrected chi connectivity index (χ4v) is 1.72. The van der Waals surface area contributed by atoms with Crippen LogP contribution in [0, 0.1) is 6.92 Å². The molecule has 0 unspecified atom stereocenters. The van der Waals surface area contributed by atoms with Gasteiger partial charge in [0.25, 0.3) is 6.43 Å². The van der Waals surface area contributed by atoms with Crippen molar-refractivity contribution in [2.45, 2.75) is 13.3 Å². The quantitative estimate of drug-likeness (QED) is 0.718. The molecule has 0 aliphatic carbocycles. The number of alkyl halides is 2. The van der Waals surface area contributed by atoms with Crippen molar-refractivity contribution in [3.8, 4) is 0 Å². The average Bonchev–Trinajstić information content (AvgIpc) is 1.96. The van der Waals surface area contributed by atoms with Crippen LogP contribution in [0.4, 0.5) is 8.78 Å². The van der Waals surface area contributed by atoms with Crippen LogP contribution in [0.15, 0.2) is 21.1 Å². The largest absolute Gasteiger partial charge is 0.264 e. The maximum atomic E-state index is 12.3. The summed E-state index contributed by atoms with van der Waals surface area (Å²) in [5.74, 6) is 0. The lowest BCUT2D eigenvalue weighted by molar-refractivity contribution is 0.150. The number of benzene rings is 1. The Balaban J connectivity index is 3.23. The molecule has 0 saturated carbocycles. The van der Waals surface area contributed by atoms with Crippen LogP contribution in [0.1, 0.15) is 17.6 Å². The van der Waals surface area contributed by atoms with Gasteiger partial charge in [0.15, 0.2) is 0 Å². The van der Waals surface area contributed by atoms with E-state index in [2.05, 4.69) is 31.9 Å². The molecule has 0 radical (unpaired) electrons. The van der Waals surface area contributed by atoms with Crippen LogP contribution < -0.4 is 0 Å². The van der Waals surface area contributed by atoms with Crippen molar-refractivity contribution in [1.29, 1.82) is 0 Å². The SMILES string of the molecule is Cc1cc(Br)c(Br)cc1C(F)F. The molecule has 0 N–H and O–H groups in total. The first-order valence-electron chi connectivity index (χ1n) is 3.26. The number of hydrogen-bond donors (Lipinski definition) is 0. The molecule has 0 spiro atoms. The lowest BCUT2D eigenvalue weighted by atomic mass is 10.1. The van der Waals surface area contributed by atoms with Crippen LogP contribution in [0.5, 0.6) is 0 Å². The van der Waals surface area contributed by atoms with Crippen LogP contribution >= 0.6 is 31.9 Å². The molecular weight excluding hydrogens is 294 g/mol. The molecule has 0 atom stereocenters. The second kappa shape index (κ2) is 3.83. The molecule has 0 aliphatic heterocycles. The van der Waals surface area contributed by atoms with Gasteiger partial charge in [-0.3, -0.25) is 0 Å². The third kappa shape index (κ3) is 2.04. The molecule has 1 aromatic carbocycles. The molecule has 12 heavy (non-hydrogen) atoms. The highest BCUT2D eigenvalue weighted by Gasteiger charge is 2.12. The summed E-state index contributed by atoms with van der Waals surface area (Å²) < 4.78 is 26.1. The van der Waals surface area contributed by atoms with E-state index < -0.39 is 6.43 Å². The fraction of sp³-hybridized carbons (Fsp3) is 0.250. The lowest BCUT2D eigenvalue weighted by Crippen LogP contribution is -1.89. The normalized spacial score (nSPS) is 10.8. The van der Waals surface area contributed by atoms with E-state index in [1.165, 1.54) is 6.07 Å². The smallest absolute Gasteiger partial charge is 0.205 e. The number of rotatable bonds is 1. The average molecular weight is 300 g/mol. The summed E-state index contributed by atoms with van der Waals surface area (Å²) in [4.78, 5) is 0. The topological polar surface area (TPSA) is 0 Å². The highest BCUT2D eigenvalue weighted by Crippen LogP contribution is 2.31. The lowest BCUT2D eigenvalue weighted by Gasteiger charge is -2.06. The van der Waals surface area contributed by atoms with E-state index in [1.54, 1.807) is 13.0 Å². The van der Waals surface area contributed by atoms with Gasteiger partial charge in [-0.15, -0.1) is 0 Å². The molecule has 4 heteroatoms. The predicted octanol–water partition coefficient (Wildman–Crippen LogP) is 4.46. The standard InChI is InChI=1S/C8H6Br2F2/c1-4-2-6(9)7(10)3-5(4)8(11)12/h2-3,8H,1H3. The van der Waals surface area contributed by atoms with Crippen molar-refractivity contribution < 1.29 is 8.78 Å². The second-order valence-corrected chi connectivity index (χ2v) is 4.13. The Labute approximate surface area is 86.2 Å². The number of halogens is 4. The van der Waals surface area contributed by atoms with Crippen molar-refractivity contribution in [3.05, 3.63) is 32.2 Å². The van der Waals surface area contributed by atoms with Gasteiger partial charge in [-0.1, -0.05) is 0 Å². The van der Waals surface area contributed by atoms with Crippen LogP contribution in [0.3, 0.4) is 0 Å². The van der Waals surface area contributed by atoms with E-state index in [4.69, 9.17) is 0 Å². The molecule has 0 amide bonds. The Morgan fingerprint density at radius 1 is 1.17 bits per heavy atom. The fourth-order valence-electron chi connectivity index (χ4n) is 0.897. The Morgan fingerprint density at radius 2 is 1.67 bits per heavy atom. The highest BCUT2D eigenvalue weighted by atomic mass is 79.9.